The summed E-state index contributed by atoms with van der Waals surface area (Å²) in [7, 11) is 3.51. The van der Waals surface area contributed by atoms with Gasteiger partial charge in [0.2, 0.25) is 0 Å². The normalized spacial score (nSPS) is 14.5. The highest BCUT2D eigenvalue weighted by Crippen LogP contribution is 2.29. The van der Waals surface area contributed by atoms with Crippen molar-refractivity contribution >= 4 is 16.9 Å². The highest BCUT2D eigenvalue weighted by molar-refractivity contribution is 6.06. The molecule has 2 aromatic heterocycles. The Balaban J connectivity index is 1.39. The number of pyridine rings is 1. The lowest BCUT2D eigenvalue weighted by molar-refractivity contribution is 0.0692. The molecule has 6 heteroatoms. The molecule has 1 aliphatic rings. The molecule has 2 aromatic carbocycles. The highest BCUT2D eigenvalue weighted by atomic mass is 16.5. The summed E-state index contributed by atoms with van der Waals surface area (Å²) in [5.74, 6) is 1.46. The SMILES string of the molecule is COc1ccc(-c2cc(C(=O)N3CCC(Cc4ccccc4)CC3)c3cnn(C)c3n2)cc1. The van der Waals surface area contributed by atoms with E-state index in [9.17, 15) is 4.79 Å². The molecule has 0 bridgehead atoms. The van der Waals surface area contributed by atoms with Crippen LogP contribution in [-0.4, -0.2) is 45.8 Å². The van der Waals surface area contributed by atoms with Gasteiger partial charge in [0.1, 0.15) is 5.75 Å². The van der Waals surface area contributed by atoms with Gasteiger partial charge >= 0.3 is 0 Å². The summed E-state index contributed by atoms with van der Waals surface area (Å²) in [5, 5.41) is 5.17. The van der Waals surface area contributed by atoms with Crippen molar-refractivity contribution in [3.63, 3.8) is 0 Å². The summed E-state index contributed by atoms with van der Waals surface area (Å²) in [5.41, 5.74) is 4.45. The van der Waals surface area contributed by atoms with E-state index in [0.717, 1.165) is 54.7 Å². The summed E-state index contributed by atoms with van der Waals surface area (Å²) in [6.45, 7) is 1.55. The number of hydrogen-bond donors (Lipinski definition) is 0. The highest BCUT2D eigenvalue weighted by Gasteiger charge is 2.26. The number of carbonyl (C=O) groups is 1. The lowest BCUT2D eigenvalue weighted by Crippen LogP contribution is -2.39. The molecule has 168 valence electrons. The third kappa shape index (κ3) is 4.33. The van der Waals surface area contributed by atoms with Crippen LogP contribution in [0.4, 0.5) is 0 Å². The van der Waals surface area contributed by atoms with Crippen LogP contribution in [-0.2, 0) is 13.5 Å². The van der Waals surface area contributed by atoms with Crippen molar-refractivity contribution in [1.29, 1.82) is 0 Å². The maximum Gasteiger partial charge on any atom is 0.254 e. The minimum Gasteiger partial charge on any atom is -0.497 e. The van der Waals surface area contributed by atoms with Crippen molar-refractivity contribution < 1.29 is 9.53 Å². The van der Waals surface area contributed by atoms with Crippen molar-refractivity contribution in [2.75, 3.05) is 20.2 Å². The van der Waals surface area contributed by atoms with E-state index in [1.54, 1.807) is 18.0 Å². The zero-order valence-corrected chi connectivity index (χ0v) is 19.1. The summed E-state index contributed by atoms with van der Waals surface area (Å²) in [6.07, 6.45) is 4.86. The second-order valence-electron chi connectivity index (χ2n) is 8.71. The van der Waals surface area contributed by atoms with Crippen LogP contribution in [0.25, 0.3) is 22.3 Å². The Hall–Kier alpha value is -3.67. The molecular weight excluding hydrogens is 412 g/mol. The zero-order valence-electron chi connectivity index (χ0n) is 19.1. The molecule has 0 atom stereocenters. The first-order valence-electron chi connectivity index (χ1n) is 11.4. The molecule has 3 heterocycles. The van der Waals surface area contributed by atoms with Gasteiger partial charge in [-0.2, -0.15) is 5.10 Å². The maximum atomic E-state index is 13.6. The third-order valence-corrected chi connectivity index (χ3v) is 6.59. The van der Waals surface area contributed by atoms with Gasteiger partial charge in [-0.3, -0.25) is 9.48 Å². The van der Waals surface area contributed by atoms with Gasteiger partial charge in [-0.1, -0.05) is 30.3 Å². The number of likely N-dealkylation sites (tertiary alicyclic amines) is 1. The average Bonchev–Trinajstić information content (AvgIpc) is 3.25. The second kappa shape index (κ2) is 9.06. The van der Waals surface area contributed by atoms with E-state index in [4.69, 9.17) is 9.72 Å². The molecule has 1 aliphatic heterocycles. The van der Waals surface area contributed by atoms with Gasteiger partial charge in [0.05, 0.1) is 30.0 Å². The van der Waals surface area contributed by atoms with Gasteiger partial charge < -0.3 is 9.64 Å². The van der Waals surface area contributed by atoms with Crippen LogP contribution in [0.3, 0.4) is 0 Å². The van der Waals surface area contributed by atoms with Gasteiger partial charge in [0, 0.05) is 25.7 Å². The molecule has 0 radical (unpaired) electrons. The molecule has 0 unspecified atom stereocenters. The summed E-state index contributed by atoms with van der Waals surface area (Å²) in [6, 6.07) is 20.3. The van der Waals surface area contributed by atoms with Gasteiger partial charge in [0.25, 0.3) is 5.91 Å². The molecule has 0 N–H and O–H groups in total. The molecule has 1 fully saturated rings. The fourth-order valence-corrected chi connectivity index (χ4v) is 4.66. The predicted molar refractivity (Wildman–Crippen MR) is 129 cm³/mol. The Morgan fingerprint density at radius 3 is 2.48 bits per heavy atom. The largest absolute Gasteiger partial charge is 0.497 e. The molecule has 0 aliphatic carbocycles. The minimum absolute atomic E-state index is 0.0586. The number of hydrogen-bond acceptors (Lipinski definition) is 4. The fourth-order valence-electron chi connectivity index (χ4n) is 4.66. The van der Waals surface area contributed by atoms with E-state index in [-0.39, 0.29) is 5.91 Å². The van der Waals surface area contributed by atoms with Crippen LogP contribution >= 0.6 is 0 Å². The topological polar surface area (TPSA) is 60.2 Å². The van der Waals surface area contributed by atoms with Crippen LogP contribution in [0, 0.1) is 5.92 Å². The predicted octanol–water partition coefficient (Wildman–Crippen LogP) is 4.74. The average molecular weight is 441 g/mol. The van der Waals surface area contributed by atoms with Crippen molar-refractivity contribution in [1.82, 2.24) is 19.7 Å². The van der Waals surface area contributed by atoms with Crippen LogP contribution in [0.15, 0.2) is 66.9 Å². The van der Waals surface area contributed by atoms with Crippen molar-refractivity contribution in [2.24, 2.45) is 13.0 Å². The van der Waals surface area contributed by atoms with E-state index < -0.39 is 0 Å². The molecule has 33 heavy (non-hydrogen) atoms. The Morgan fingerprint density at radius 1 is 1.06 bits per heavy atom. The molecule has 1 amide bonds. The standard InChI is InChI=1S/C27H28N4O2/c1-30-26-24(18-28-30)23(17-25(29-26)21-8-10-22(33-2)11-9-21)27(32)31-14-12-20(13-15-31)16-19-6-4-3-5-7-19/h3-11,17-18,20H,12-16H2,1-2H3. The van der Waals surface area contributed by atoms with Crippen molar-refractivity contribution in [3.05, 3.63) is 78.0 Å². The van der Waals surface area contributed by atoms with Crippen LogP contribution < -0.4 is 4.74 Å². The fraction of sp³-hybridized carbons (Fsp3) is 0.296. The van der Waals surface area contributed by atoms with Gasteiger partial charge in [-0.05, 0) is 61.1 Å². The number of methoxy groups -OCH3 is 1. The quantitative estimate of drug-likeness (QED) is 0.450. The number of fused-ring (bicyclic) bond motifs is 1. The van der Waals surface area contributed by atoms with Gasteiger partial charge in [0.15, 0.2) is 5.65 Å². The van der Waals surface area contributed by atoms with Crippen LogP contribution in [0.1, 0.15) is 28.8 Å². The number of benzene rings is 2. The molecule has 5 rings (SSSR count). The number of amides is 1. The van der Waals surface area contributed by atoms with Crippen LogP contribution in [0.2, 0.25) is 0 Å². The van der Waals surface area contributed by atoms with Gasteiger partial charge in [-0.15, -0.1) is 0 Å². The van der Waals surface area contributed by atoms with E-state index in [0.29, 0.717) is 17.1 Å². The minimum atomic E-state index is 0.0586. The first-order chi connectivity index (χ1) is 16.1. The second-order valence-corrected chi connectivity index (χ2v) is 8.71. The van der Waals surface area contributed by atoms with E-state index in [1.807, 2.05) is 42.3 Å². The van der Waals surface area contributed by atoms with E-state index in [2.05, 4.69) is 35.4 Å². The molecular formula is C27H28N4O2. The van der Waals surface area contributed by atoms with E-state index >= 15 is 0 Å². The van der Waals surface area contributed by atoms with Crippen molar-refractivity contribution in [2.45, 2.75) is 19.3 Å². The number of carbonyl (C=O) groups excluding carboxylic acids is 1. The molecule has 0 spiro atoms. The summed E-state index contributed by atoms with van der Waals surface area (Å²) < 4.78 is 7.00. The molecule has 0 saturated carbocycles. The number of rotatable bonds is 5. The molecule has 1 saturated heterocycles. The lowest BCUT2D eigenvalue weighted by Gasteiger charge is -2.32. The Kier molecular flexibility index (Phi) is 5.82. The Labute approximate surface area is 193 Å². The monoisotopic (exact) mass is 440 g/mol. The summed E-state index contributed by atoms with van der Waals surface area (Å²) in [4.78, 5) is 20.4. The Bertz CT molecular complexity index is 1260. The smallest absolute Gasteiger partial charge is 0.254 e. The lowest BCUT2D eigenvalue weighted by atomic mass is 9.90. The maximum absolute atomic E-state index is 13.6. The first kappa shape index (κ1) is 21.2. The van der Waals surface area contributed by atoms with E-state index in [1.165, 1.54) is 5.56 Å². The third-order valence-electron chi connectivity index (χ3n) is 6.59. The molecule has 4 aromatic rings. The number of aromatic nitrogens is 3. The number of piperidine rings is 1. The summed E-state index contributed by atoms with van der Waals surface area (Å²) >= 11 is 0. The Morgan fingerprint density at radius 2 is 1.79 bits per heavy atom. The zero-order chi connectivity index (χ0) is 22.8. The molecule has 6 nitrogen and oxygen atoms in total. The van der Waals surface area contributed by atoms with Gasteiger partial charge in [-0.25, -0.2) is 4.98 Å². The number of nitrogens with zero attached hydrogens (tertiary/aromatic N) is 4. The van der Waals surface area contributed by atoms with Crippen molar-refractivity contribution in [3.8, 4) is 17.0 Å². The number of ether oxygens (including phenoxy) is 1. The number of aryl methyl sites for hydroxylation is 1. The first-order valence-corrected chi connectivity index (χ1v) is 11.4. The van der Waals surface area contributed by atoms with Crippen LogP contribution in [0.5, 0.6) is 5.75 Å².